The van der Waals surface area contributed by atoms with E-state index >= 15 is 0 Å². The van der Waals surface area contributed by atoms with Crippen LogP contribution in [0.15, 0.2) is 72.8 Å². The summed E-state index contributed by atoms with van der Waals surface area (Å²) in [5.74, 6) is -1.21. The Labute approximate surface area is 167 Å². The van der Waals surface area contributed by atoms with Crippen LogP contribution in [-0.2, 0) is 13.0 Å². The molecule has 3 aromatic carbocycles. The highest BCUT2D eigenvalue weighted by molar-refractivity contribution is 5.97. The predicted octanol–water partition coefficient (Wildman–Crippen LogP) is 3.87. The zero-order chi connectivity index (χ0) is 20.6. The van der Waals surface area contributed by atoms with Crippen molar-refractivity contribution in [2.45, 2.75) is 13.0 Å². The molecule has 0 bridgehead atoms. The van der Waals surface area contributed by atoms with E-state index in [1.54, 1.807) is 54.6 Å². The summed E-state index contributed by atoms with van der Waals surface area (Å²) >= 11 is 0. The number of nitrogens with one attached hydrogen (secondary N) is 2. The number of hydrogen-bond donors (Lipinski definition) is 2. The van der Waals surface area contributed by atoms with Crippen LogP contribution in [0.4, 0.5) is 8.78 Å². The van der Waals surface area contributed by atoms with Crippen LogP contribution in [0.5, 0.6) is 0 Å². The van der Waals surface area contributed by atoms with Gasteiger partial charge in [-0.2, -0.15) is 0 Å². The SMILES string of the molecule is O=C(NCCc1ccccc1F)c1ccc(C(=O)NCc2ccc(F)cc2)cc1. The van der Waals surface area contributed by atoms with Gasteiger partial charge < -0.3 is 10.6 Å². The summed E-state index contributed by atoms with van der Waals surface area (Å²) in [6, 6.07) is 18.6. The van der Waals surface area contributed by atoms with Gasteiger partial charge in [0.25, 0.3) is 11.8 Å². The number of rotatable bonds is 7. The summed E-state index contributed by atoms with van der Waals surface area (Å²) in [4.78, 5) is 24.4. The maximum absolute atomic E-state index is 13.6. The Morgan fingerprint density at radius 1 is 0.724 bits per heavy atom. The lowest BCUT2D eigenvalue weighted by Crippen LogP contribution is -2.26. The number of hydrogen-bond acceptors (Lipinski definition) is 2. The average molecular weight is 394 g/mol. The minimum atomic E-state index is -0.331. The van der Waals surface area contributed by atoms with Gasteiger partial charge in [-0.05, 0) is 60.0 Å². The van der Waals surface area contributed by atoms with Gasteiger partial charge in [0.15, 0.2) is 0 Å². The van der Waals surface area contributed by atoms with Gasteiger partial charge in [0, 0.05) is 24.2 Å². The topological polar surface area (TPSA) is 58.2 Å². The predicted molar refractivity (Wildman–Crippen MR) is 106 cm³/mol. The second-order valence-corrected chi connectivity index (χ2v) is 6.48. The highest BCUT2D eigenvalue weighted by Gasteiger charge is 2.09. The third kappa shape index (κ3) is 5.72. The molecule has 0 heterocycles. The van der Waals surface area contributed by atoms with E-state index in [-0.39, 0.29) is 30.0 Å². The summed E-state index contributed by atoms with van der Waals surface area (Å²) in [7, 11) is 0. The molecule has 6 heteroatoms. The second kappa shape index (κ2) is 9.59. The van der Waals surface area contributed by atoms with Crippen molar-refractivity contribution < 1.29 is 18.4 Å². The molecule has 0 atom stereocenters. The Morgan fingerprint density at radius 3 is 1.93 bits per heavy atom. The van der Waals surface area contributed by atoms with Crippen LogP contribution >= 0.6 is 0 Å². The lowest BCUT2D eigenvalue weighted by Gasteiger charge is -2.08. The third-order valence-electron chi connectivity index (χ3n) is 4.41. The molecule has 0 unspecified atom stereocenters. The van der Waals surface area contributed by atoms with Gasteiger partial charge in [0.2, 0.25) is 0 Å². The van der Waals surface area contributed by atoms with Crippen LogP contribution in [0.2, 0.25) is 0 Å². The summed E-state index contributed by atoms with van der Waals surface area (Å²) in [5, 5.41) is 5.48. The quantitative estimate of drug-likeness (QED) is 0.639. The molecule has 3 aromatic rings. The monoisotopic (exact) mass is 394 g/mol. The van der Waals surface area contributed by atoms with Crippen LogP contribution in [0.25, 0.3) is 0 Å². The van der Waals surface area contributed by atoms with Gasteiger partial charge in [-0.3, -0.25) is 9.59 Å². The summed E-state index contributed by atoms with van der Waals surface area (Å²) < 4.78 is 26.5. The van der Waals surface area contributed by atoms with Crippen molar-refractivity contribution >= 4 is 11.8 Å². The fraction of sp³-hybridized carbons (Fsp3) is 0.130. The molecule has 0 saturated heterocycles. The maximum Gasteiger partial charge on any atom is 0.251 e. The first-order chi connectivity index (χ1) is 14.0. The maximum atomic E-state index is 13.6. The van der Waals surface area contributed by atoms with E-state index in [1.807, 2.05) is 0 Å². The molecule has 3 rings (SSSR count). The molecule has 4 nitrogen and oxygen atoms in total. The zero-order valence-electron chi connectivity index (χ0n) is 15.6. The van der Waals surface area contributed by atoms with Crippen LogP contribution in [0.3, 0.4) is 0 Å². The van der Waals surface area contributed by atoms with E-state index in [2.05, 4.69) is 10.6 Å². The number of benzene rings is 3. The number of carbonyl (C=O) groups is 2. The molecule has 0 aromatic heterocycles. The molecule has 0 spiro atoms. The Balaban J connectivity index is 1.49. The van der Waals surface area contributed by atoms with Crippen LogP contribution in [-0.4, -0.2) is 18.4 Å². The van der Waals surface area contributed by atoms with Crippen LogP contribution in [0.1, 0.15) is 31.8 Å². The van der Waals surface area contributed by atoms with Gasteiger partial charge in [-0.25, -0.2) is 8.78 Å². The average Bonchev–Trinajstić information content (AvgIpc) is 2.74. The molecule has 2 N–H and O–H groups in total. The van der Waals surface area contributed by atoms with Gasteiger partial charge in [0.05, 0.1) is 0 Å². The largest absolute Gasteiger partial charge is 0.352 e. The van der Waals surface area contributed by atoms with E-state index in [0.29, 0.717) is 29.7 Å². The fourth-order valence-electron chi connectivity index (χ4n) is 2.77. The second-order valence-electron chi connectivity index (χ2n) is 6.48. The molecule has 0 aliphatic heterocycles. The van der Waals surface area contributed by atoms with Gasteiger partial charge >= 0.3 is 0 Å². The normalized spacial score (nSPS) is 10.4. The summed E-state index contributed by atoms with van der Waals surface area (Å²) in [6.45, 7) is 0.580. The lowest BCUT2D eigenvalue weighted by atomic mass is 10.1. The molecule has 0 aliphatic rings. The van der Waals surface area contributed by atoms with Crippen molar-refractivity contribution in [1.82, 2.24) is 10.6 Å². The van der Waals surface area contributed by atoms with E-state index < -0.39 is 0 Å². The van der Waals surface area contributed by atoms with Crippen molar-refractivity contribution in [3.8, 4) is 0 Å². The third-order valence-corrected chi connectivity index (χ3v) is 4.41. The van der Waals surface area contributed by atoms with Gasteiger partial charge in [0.1, 0.15) is 11.6 Å². The molecule has 29 heavy (non-hydrogen) atoms. The number of halogens is 2. The molecule has 0 radical (unpaired) electrons. The summed E-state index contributed by atoms with van der Waals surface area (Å²) in [6.07, 6.45) is 0.391. The first-order valence-electron chi connectivity index (χ1n) is 9.17. The number of amides is 2. The van der Waals surface area contributed by atoms with Crippen molar-refractivity contribution in [2.24, 2.45) is 0 Å². The van der Waals surface area contributed by atoms with Crippen molar-refractivity contribution in [2.75, 3.05) is 6.54 Å². The Morgan fingerprint density at radius 2 is 1.31 bits per heavy atom. The molecule has 0 fully saturated rings. The minimum Gasteiger partial charge on any atom is -0.352 e. The molecular weight excluding hydrogens is 374 g/mol. The zero-order valence-corrected chi connectivity index (χ0v) is 15.6. The van der Waals surface area contributed by atoms with Gasteiger partial charge in [-0.1, -0.05) is 30.3 Å². The van der Waals surface area contributed by atoms with Crippen molar-refractivity contribution in [3.63, 3.8) is 0 Å². The van der Waals surface area contributed by atoms with Crippen molar-refractivity contribution in [3.05, 3.63) is 107 Å². The lowest BCUT2D eigenvalue weighted by molar-refractivity contribution is 0.0940. The minimum absolute atomic E-state index is 0.275. The molecule has 2 amide bonds. The van der Waals surface area contributed by atoms with Crippen LogP contribution in [0, 0.1) is 11.6 Å². The van der Waals surface area contributed by atoms with E-state index in [9.17, 15) is 18.4 Å². The molecule has 0 aliphatic carbocycles. The summed E-state index contributed by atoms with van der Waals surface area (Å²) in [5.41, 5.74) is 2.15. The fourth-order valence-corrected chi connectivity index (χ4v) is 2.77. The van der Waals surface area contributed by atoms with Crippen LogP contribution < -0.4 is 10.6 Å². The molecule has 0 saturated carbocycles. The van der Waals surface area contributed by atoms with E-state index in [1.165, 1.54) is 18.2 Å². The highest BCUT2D eigenvalue weighted by Crippen LogP contribution is 2.08. The molecular formula is C23H20F2N2O2. The Bertz CT molecular complexity index is 987. The smallest absolute Gasteiger partial charge is 0.251 e. The van der Waals surface area contributed by atoms with E-state index in [0.717, 1.165) is 5.56 Å². The van der Waals surface area contributed by atoms with Crippen molar-refractivity contribution in [1.29, 1.82) is 0 Å². The molecule has 148 valence electrons. The first-order valence-corrected chi connectivity index (χ1v) is 9.17. The first kappa shape index (κ1) is 20.2. The standard InChI is InChI=1S/C23H20F2N2O2/c24-20-11-5-16(6-12-20)15-27-23(29)19-9-7-18(8-10-19)22(28)26-14-13-17-3-1-2-4-21(17)25/h1-12H,13-15H2,(H,26,28)(H,27,29). The van der Waals surface area contributed by atoms with Gasteiger partial charge in [-0.15, -0.1) is 0 Å². The Hall–Kier alpha value is -3.54. The van der Waals surface area contributed by atoms with E-state index in [4.69, 9.17) is 0 Å². The number of carbonyl (C=O) groups excluding carboxylic acids is 2. The Kier molecular flexibility index (Phi) is 6.68. The highest BCUT2D eigenvalue weighted by atomic mass is 19.1.